The molecule has 1 aromatic carbocycles. The van der Waals surface area contributed by atoms with Crippen LogP contribution in [0.25, 0.3) is 0 Å². The van der Waals surface area contributed by atoms with Gasteiger partial charge in [0.2, 0.25) is 11.8 Å². The van der Waals surface area contributed by atoms with Crippen molar-refractivity contribution >= 4 is 0 Å². The lowest BCUT2D eigenvalue weighted by Crippen LogP contribution is -2.21. The molecule has 1 aliphatic heterocycles. The number of fused-ring (bicyclic) bond motifs is 1. The van der Waals surface area contributed by atoms with E-state index < -0.39 is 5.92 Å². The zero-order valence-corrected chi connectivity index (χ0v) is 15.1. The first kappa shape index (κ1) is 17.7. The van der Waals surface area contributed by atoms with Gasteiger partial charge in [0.05, 0.1) is 25.7 Å². The van der Waals surface area contributed by atoms with Crippen molar-refractivity contribution in [2.75, 3.05) is 14.2 Å². The van der Waals surface area contributed by atoms with Crippen LogP contribution in [0.2, 0.25) is 0 Å². The number of nitrogens with one attached hydrogen (secondary N) is 1. The monoisotopic (exact) mass is 354 g/mol. The second kappa shape index (κ2) is 7.40. The van der Waals surface area contributed by atoms with Gasteiger partial charge in [-0.15, -0.1) is 5.10 Å². The highest BCUT2D eigenvalue weighted by molar-refractivity contribution is 5.59. The lowest BCUT2D eigenvalue weighted by Gasteiger charge is -2.25. The highest BCUT2D eigenvalue weighted by Gasteiger charge is 2.36. The molecule has 0 amide bonds. The zero-order valence-electron chi connectivity index (χ0n) is 15.1. The van der Waals surface area contributed by atoms with Crippen molar-refractivity contribution in [3.8, 4) is 23.4 Å². The molecule has 1 unspecified atom stereocenters. The maximum Gasteiger partial charge on any atom is 0.244 e. The molecule has 0 radical (unpaired) electrons. The van der Waals surface area contributed by atoms with E-state index >= 15 is 0 Å². The number of hydrogen-bond acceptors (Lipinski definition) is 6. The largest absolute Gasteiger partial charge is 0.497 e. The Hall–Kier alpha value is -3.14. The summed E-state index contributed by atoms with van der Waals surface area (Å²) in [6.07, 6.45) is 2.87. The van der Waals surface area contributed by atoms with E-state index in [-0.39, 0.29) is 5.88 Å². The van der Waals surface area contributed by atoms with Gasteiger partial charge < -0.3 is 19.9 Å². The number of allylic oxidation sites excluding steroid dienone is 1. The van der Waals surface area contributed by atoms with Gasteiger partial charge in [0.25, 0.3) is 0 Å². The maximum absolute atomic E-state index is 9.72. The van der Waals surface area contributed by atoms with Crippen molar-refractivity contribution in [3.63, 3.8) is 0 Å². The topological polar surface area (TPSA) is 106 Å². The van der Waals surface area contributed by atoms with Crippen LogP contribution in [0.4, 0.5) is 0 Å². The first-order chi connectivity index (χ1) is 12.6. The number of hydrogen-bond donors (Lipinski definition) is 2. The minimum atomic E-state index is -0.407. The molecule has 0 saturated heterocycles. The summed E-state index contributed by atoms with van der Waals surface area (Å²) < 4.78 is 16.4. The SMILES string of the molecule is CCCCc1[nH]nc2c1C(c1ccc(OC)cc1OC)C(C#N)=C(N)O2. The van der Waals surface area contributed by atoms with Crippen molar-refractivity contribution < 1.29 is 14.2 Å². The van der Waals surface area contributed by atoms with Crippen LogP contribution < -0.4 is 19.9 Å². The second-order valence-electron chi connectivity index (χ2n) is 6.06. The van der Waals surface area contributed by atoms with E-state index in [1.165, 1.54) is 0 Å². The predicted molar refractivity (Wildman–Crippen MR) is 96.0 cm³/mol. The number of H-pyrrole nitrogens is 1. The van der Waals surface area contributed by atoms with Gasteiger partial charge in [0, 0.05) is 17.3 Å². The van der Waals surface area contributed by atoms with E-state index in [1.807, 2.05) is 12.1 Å². The molecule has 1 atom stereocenters. The van der Waals surface area contributed by atoms with E-state index in [0.717, 1.165) is 36.1 Å². The smallest absolute Gasteiger partial charge is 0.244 e. The summed E-state index contributed by atoms with van der Waals surface area (Å²) in [4.78, 5) is 0. The summed E-state index contributed by atoms with van der Waals surface area (Å²) >= 11 is 0. The number of unbranched alkanes of at least 4 members (excludes halogenated alkanes) is 1. The van der Waals surface area contributed by atoms with Crippen LogP contribution in [0.5, 0.6) is 17.4 Å². The summed E-state index contributed by atoms with van der Waals surface area (Å²) in [5.41, 5.74) is 8.96. The molecule has 136 valence electrons. The third-order valence-electron chi connectivity index (χ3n) is 4.55. The van der Waals surface area contributed by atoms with E-state index in [2.05, 4.69) is 23.2 Å². The summed E-state index contributed by atoms with van der Waals surface area (Å²) in [5, 5.41) is 17.0. The molecular weight excluding hydrogens is 332 g/mol. The molecule has 3 rings (SSSR count). The quantitative estimate of drug-likeness (QED) is 0.826. The molecule has 7 nitrogen and oxygen atoms in total. The lowest BCUT2D eigenvalue weighted by atomic mass is 9.83. The van der Waals surface area contributed by atoms with Crippen molar-refractivity contribution in [2.45, 2.75) is 32.1 Å². The van der Waals surface area contributed by atoms with Gasteiger partial charge in [0.15, 0.2) is 0 Å². The molecule has 0 saturated carbocycles. The molecular formula is C19H22N4O3. The molecule has 0 fully saturated rings. The molecule has 26 heavy (non-hydrogen) atoms. The number of benzene rings is 1. The number of methoxy groups -OCH3 is 2. The fourth-order valence-corrected chi connectivity index (χ4v) is 3.22. The third-order valence-corrected chi connectivity index (χ3v) is 4.55. The Morgan fingerprint density at radius 2 is 2.15 bits per heavy atom. The first-order valence-corrected chi connectivity index (χ1v) is 8.51. The number of nitrogens with zero attached hydrogens (tertiary/aromatic N) is 2. The normalized spacial score (nSPS) is 15.8. The van der Waals surface area contributed by atoms with Crippen molar-refractivity contribution in [3.05, 3.63) is 46.5 Å². The Kier molecular flexibility index (Phi) is 5.03. The molecule has 0 spiro atoms. The molecule has 1 aromatic heterocycles. The highest BCUT2D eigenvalue weighted by Crippen LogP contribution is 2.46. The maximum atomic E-state index is 9.72. The van der Waals surface area contributed by atoms with Crippen molar-refractivity contribution in [1.29, 1.82) is 5.26 Å². The Labute approximate surface area is 152 Å². The third kappa shape index (κ3) is 2.94. The number of rotatable bonds is 6. The second-order valence-corrected chi connectivity index (χ2v) is 6.06. The fraction of sp³-hybridized carbons (Fsp3) is 0.368. The molecule has 2 heterocycles. The molecule has 3 N–H and O–H groups in total. The number of aromatic amines is 1. The molecule has 1 aliphatic rings. The molecule has 7 heteroatoms. The summed E-state index contributed by atoms with van der Waals surface area (Å²) in [6, 6.07) is 7.72. The number of ether oxygens (including phenoxy) is 3. The van der Waals surface area contributed by atoms with Crippen LogP contribution in [0.3, 0.4) is 0 Å². The average molecular weight is 354 g/mol. The van der Waals surface area contributed by atoms with Crippen molar-refractivity contribution in [1.82, 2.24) is 10.2 Å². The minimum Gasteiger partial charge on any atom is -0.497 e. The predicted octanol–water partition coefficient (Wildman–Crippen LogP) is 2.99. The average Bonchev–Trinajstić information content (AvgIpc) is 3.06. The summed E-state index contributed by atoms with van der Waals surface area (Å²) in [5.74, 6) is 1.36. The van der Waals surface area contributed by atoms with Crippen LogP contribution in [0, 0.1) is 11.3 Å². The van der Waals surface area contributed by atoms with Gasteiger partial charge >= 0.3 is 0 Å². The lowest BCUT2D eigenvalue weighted by molar-refractivity contribution is 0.372. The minimum absolute atomic E-state index is 0.0661. The number of nitrogens with two attached hydrogens (primary N) is 1. The van der Waals surface area contributed by atoms with Gasteiger partial charge in [0.1, 0.15) is 23.1 Å². The Balaban J connectivity index is 2.19. The Morgan fingerprint density at radius 3 is 2.81 bits per heavy atom. The summed E-state index contributed by atoms with van der Waals surface area (Å²) in [6.45, 7) is 2.13. The van der Waals surface area contributed by atoms with Gasteiger partial charge in [-0.05, 0) is 18.9 Å². The van der Waals surface area contributed by atoms with Gasteiger partial charge in [-0.2, -0.15) is 5.26 Å². The van der Waals surface area contributed by atoms with Crippen LogP contribution >= 0.6 is 0 Å². The van der Waals surface area contributed by atoms with Gasteiger partial charge in [-0.3, -0.25) is 5.10 Å². The summed E-state index contributed by atoms with van der Waals surface area (Å²) in [7, 11) is 3.18. The van der Waals surface area contributed by atoms with E-state index in [1.54, 1.807) is 20.3 Å². The van der Waals surface area contributed by atoms with Gasteiger partial charge in [-0.25, -0.2) is 0 Å². The van der Waals surface area contributed by atoms with E-state index in [4.69, 9.17) is 19.9 Å². The van der Waals surface area contributed by atoms with Crippen LogP contribution in [-0.4, -0.2) is 24.4 Å². The molecule has 0 bridgehead atoms. The van der Waals surface area contributed by atoms with Crippen LogP contribution in [0.1, 0.15) is 42.5 Å². The van der Waals surface area contributed by atoms with E-state index in [9.17, 15) is 5.26 Å². The highest BCUT2D eigenvalue weighted by atomic mass is 16.5. The van der Waals surface area contributed by atoms with Gasteiger partial charge in [-0.1, -0.05) is 19.4 Å². The number of nitriles is 1. The molecule has 2 aromatic rings. The number of aromatic nitrogens is 2. The standard InChI is InChI=1S/C19H22N4O3/c1-4-5-6-14-17-16(12-8-7-11(24-2)9-15(12)25-3)13(10-20)18(21)26-19(17)23-22-14/h7-9,16H,4-6,21H2,1-3H3,(H,22,23). The van der Waals surface area contributed by atoms with Crippen LogP contribution in [-0.2, 0) is 6.42 Å². The Bertz CT molecular complexity index is 879. The Morgan fingerprint density at radius 1 is 1.35 bits per heavy atom. The zero-order chi connectivity index (χ0) is 18.7. The van der Waals surface area contributed by atoms with Crippen molar-refractivity contribution in [2.24, 2.45) is 5.73 Å². The molecule has 0 aliphatic carbocycles. The fourth-order valence-electron chi connectivity index (χ4n) is 3.22. The number of aryl methyl sites for hydroxylation is 1. The van der Waals surface area contributed by atoms with E-state index in [0.29, 0.717) is 23.0 Å². The first-order valence-electron chi connectivity index (χ1n) is 8.51. The van der Waals surface area contributed by atoms with Crippen LogP contribution in [0.15, 0.2) is 29.7 Å².